The van der Waals surface area contributed by atoms with E-state index >= 15 is 0 Å². The average Bonchev–Trinajstić information content (AvgIpc) is 3.61. The first-order chi connectivity index (χ1) is 23.0. The molecule has 3 amide bonds. The lowest BCUT2D eigenvalue weighted by Gasteiger charge is -2.35. The van der Waals surface area contributed by atoms with E-state index in [0.717, 1.165) is 18.7 Å². The second-order valence-corrected chi connectivity index (χ2v) is 12.5. The number of likely N-dealkylation sites (tertiary alicyclic amines) is 1. The Bertz CT molecular complexity index is 1840. The van der Waals surface area contributed by atoms with Crippen molar-refractivity contribution in [3.05, 3.63) is 100.0 Å². The third kappa shape index (κ3) is 7.02. The molecule has 2 aliphatic rings. The van der Waals surface area contributed by atoms with Crippen LogP contribution in [0, 0.1) is 6.92 Å². The number of halogens is 2. The molecule has 1 aliphatic heterocycles. The number of ether oxygens (including phenoxy) is 1. The zero-order valence-electron chi connectivity index (χ0n) is 27.1. The molecule has 0 bridgehead atoms. The number of anilines is 1. The standard InChI is InChI=1S/C35H39F2N7O4/c1-22-30(24-16-27(33(46)42(2)19-24)32(45)38-25-17-35(36,37)18-25)41-44(26-12-8-5-9-13-26)31(22)40-34(47)39-29-21-43(14-15-48-3)20-28(29)23-10-6-4-7-11-23/h4-13,16,19,25,28-29H,14-15,17-18,20-21H2,1-3H3,(H,38,45)(H2,39,40,47)/t28-,29+/m0/s1. The molecular formula is C35H39F2N7O4. The molecule has 3 N–H and O–H groups in total. The molecular weight excluding hydrogens is 620 g/mol. The summed E-state index contributed by atoms with van der Waals surface area (Å²) in [6.45, 7) is 4.56. The highest BCUT2D eigenvalue weighted by atomic mass is 19.3. The van der Waals surface area contributed by atoms with E-state index in [0.29, 0.717) is 41.5 Å². The van der Waals surface area contributed by atoms with Crippen LogP contribution in [0.5, 0.6) is 0 Å². The molecule has 0 spiro atoms. The van der Waals surface area contributed by atoms with Crippen molar-refractivity contribution < 1.29 is 23.1 Å². The molecule has 2 aromatic heterocycles. The van der Waals surface area contributed by atoms with Gasteiger partial charge < -0.3 is 19.9 Å². The van der Waals surface area contributed by atoms with Crippen LogP contribution in [0.4, 0.5) is 19.4 Å². The molecule has 3 heterocycles. The Morgan fingerprint density at radius 2 is 1.71 bits per heavy atom. The van der Waals surface area contributed by atoms with Crippen LogP contribution in [0.15, 0.2) is 77.7 Å². The van der Waals surface area contributed by atoms with Crippen LogP contribution in [0.1, 0.15) is 40.2 Å². The third-order valence-corrected chi connectivity index (χ3v) is 9.03. The molecule has 48 heavy (non-hydrogen) atoms. The van der Waals surface area contributed by atoms with Gasteiger partial charge in [0.2, 0.25) is 0 Å². The smallest absolute Gasteiger partial charge is 0.320 e. The van der Waals surface area contributed by atoms with Gasteiger partial charge in [0.05, 0.1) is 24.0 Å². The van der Waals surface area contributed by atoms with Gasteiger partial charge in [-0.2, -0.15) is 5.10 Å². The minimum Gasteiger partial charge on any atom is -0.383 e. The average molecular weight is 660 g/mol. The van der Waals surface area contributed by atoms with Crippen molar-refractivity contribution in [2.75, 3.05) is 38.7 Å². The fourth-order valence-corrected chi connectivity index (χ4v) is 6.49. The number of carbonyl (C=O) groups excluding carboxylic acids is 2. The normalized spacial score (nSPS) is 19.1. The van der Waals surface area contributed by atoms with E-state index in [-0.39, 0.29) is 17.5 Å². The summed E-state index contributed by atoms with van der Waals surface area (Å²) in [7, 11) is 3.18. The summed E-state index contributed by atoms with van der Waals surface area (Å²) in [6, 6.07) is 19.5. The summed E-state index contributed by atoms with van der Waals surface area (Å²) >= 11 is 0. The number of rotatable bonds is 10. The molecule has 1 saturated heterocycles. The van der Waals surface area contributed by atoms with Gasteiger partial charge in [-0.3, -0.25) is 19.8 Å². The Balaban J connectivity index is 1.29. The Labute approximate surface area is 276 Å². The highest BCUT2D eigenvalue weighted by molar-refractivity contribution is 5.96. The first-order valence-electron chi connectivity index (χ1n) is 15.9. The summed E-state index contributed by atoms with van der Waals surface area (Å²) < 4.78 is 34.9. The SMILES string of the molecule is COCCN1C[C@@H](NC(=O)Nc2c(C)c(-c3cc(C(=O)NC4CC(F)(F)C4)c(=O)n(C)c3)nn2-c2ccccc2)[C@H](c2ccccc2)C1. The summed E-state index contributed by atoms with van der Waals surface area (Å²) in [6.07, 6.45) is 0.631. The number of nitrogens with one attached hydrogen (secondary N) is 3. The van der Waals surface area contributed by atoms with E-state index in [4.69, 9.17) is 9.84 Å². The molecule has 13 heteroatoms. The lowest BCUT2D eigenvalue weighted by atomic mass is 9.88. The van der Waals surface area contributed by atoms with Crippen molar-refractivity contribution >= 4 is 17.8 Å². The van der Waals surface area contributed by atoms with Gasteiger partial charge in [0.25, 0.3) is 17.4 Å². The molecule has 11 nitrogen and oxygen atoms in total. The van der Waals surface area contributed by atoms with Crippen LogP contribution in [0.2, 0.25) is 0 Å². The number of benzene rings is 2. The van der Waals surface area contributed by atoms with E-state index in [1.54, 1.807) is 24.9 Å². The zero-order chi connectivity index (χ0) is 34.0. The van der Waals surface area contributed by atoms with Gasteiger partial charge >= 0.3 is 6.03 Å². The van der Waals surface area contributed by atoms with Crippen LogP contribution >= 0.6 is 0 Å². The van der Waals surface area contributed by atoms with Gasteiger partial charge in [0, 0.05) is 75.9 Å². The summed E-state index contributed by atoms with van der Waals surface area (Å²) in [5.41, 5.74) is 2.56. The Hall–Kier alpha value is -4.88. The van der Waals surface area contributed by atoms with Crippen LogP contribution in [0.3, 0.4) is 0 Å². The van der Waals surface area contributed by atoms with E-state index in [1.165, 1.54) is 17.7 Å². The molecule has 252 valence electrons. The zero-order valence-corrected chi connectivity index (χ0v) is 27.1. The number of hydrogen-bond donors (Lipinski definition) is 3. The quantitative estimate of drug-likeness (QED) is 0.233. The number of aromatic nitrogens is 3. The summed E-state index contributed by atoms with van der Waals surface area (Å²) in [5, 5.41) is 13.6. The number of nitrogens with zero attached hydrogens (tertiary/aromatic N) is 4. The Kier molecular flexibility index (Phi) is 9.42. The molecule has 0 radical (unpaired) electrons. The molecule has 2 aromatic carbocycles. The van der Waals surface area contributed by atoms with E-state index in [1.807, 2.05) is 48.5 Å². The highest BCUT2D eigenvalue weighted by Crippen LogP contribution is 2.37. The molecule has 6 rings (SSSR count). The maximum absolute atomic E-state index is 13.7. The van der Waals surface area contributed by atoms with Crippen LogP contribution < -0.4 is 21.5 Å². The van der Waals surface area contributed by atoms with E-state index in [2.05, 4.69) is 33.0 Å². The van der Waals surface area contributed by atoms with Crippen LogP contribution in [0.25, 0.3) is 16.9 Å². The van der Waals surface area contributed by atoms with Gasteiger partial charge in [-0.25, -0.2) is 18.3 Å². The van der Waals surface area contributed by atoms with Crippen molar-refractivity contribution in [3.63, 3.8) is 0 Å². The number of aryl methyl sites for hydroxylation is 1. The molecule has 1 saturated carbocycles. The van der Waals surface area contributed by atoms with Crippen molar-refractivity contribution in [3.8, 4) is 16.9 Å². The number of carbonyl (C=O) groups is 2. The number of urea groups is 1. The second-order valence-electron chi connectivity index (χ2n) is 12.5. The fourth-order valence-electron chi connectivity index (χ4n) is 6.49. The predicted molar refractivity (Wildman–Crippen MR) is 178 cm³/mol. The lowest BCUT2D eigenvalue weighted by molar-refractivity contribution is -0.0901. The number of hydrogen-bond acceptors (Lipinski definition) is 6. The van der Waals surface area contributed by atoms with Gasteiger partial charge in [0.15, 0.2) is 0 Å². The van der Waals surface area contributed by atoms with E-state index in [9.17, 15) is 23.2 Å². The topological polar surface area (TPSA) is 123 Å². The summed E-state index contributed by atoms with van der Waals surface area (Å²) in [5.74, 6) is -3.05. The Morgan fingerprint density at radius 3 is 2.38 bits per heavy atom. The first kappa shape index (κ1) is 33.0. The number of pyridine rings is 1. The highest BCUT2D eigenvalue weighted by Gasteiger charge is 2.46. The summed E-state index contributed by atoms with van der Waals surface area (Å²) in [4.78, 5) is 42.0. The number of amides is 3. The van der Waals surface area contributed by atoms with Crippen molar-refractivity contribution in [1.82, 2.24) is 29.9 Å². The second kappa shape index (κ2) is 13.7. The predicted octanol–water partition coefficient (Wildman–Crippen LogP) is 4.31. The number of para-hydroxylation sites is 1. The first-order valence-corrected chi connectivity index (χ1v) is 15.9. The minimum absolute atomic E-state index is 0.0748. The maximum atomic E-state index is 13.7. The Morgan fingerprint density at radius 1 is 1.02 bits per heavy atom. The lowest BCUT2D eigenvalue weighted by Crippen LogP contribution is -2.51. The third-order valence-electron chi connectivity index (χ3n) is 9.03. The van der Waals surface area contributed by atoms with Gasteiger partial charge in [0.1, 0.15) is 11.4 Å². The molecule has 2 fully saturated rings. The monoisotopic (exact) mass is 659 g/mol. The minimum atomic E-state index is -2.81. The van der Waals surface area contributed by atoms with Gasteiger partial charge in [-0.1, -0.05) is 48.5 Å². The van der Waals surface area contributed by atoms with Crippen LogP contribution in [-0.4, -0.2) is 82.5 Å². The fraction of sp³-hybridized carbons (Fsp3) is 0.371. The molecule has 4 aromatic rings. The van der Waals surface area contributed by atoms with Crippen molar-refractivity contribution in [2.45, 2.75) is 43.7 Å². The maximum Gasteiger partial charge on any atom is 0.320 e. The number of methoxy groups -OCH3 is 1. The van der Waals surface area contributed by atoms with Crippen molar-refractivity contribution in [1.29, 1.82) is 0 Å². The van der Waals surface area contributed by atoms with Gasteiger partial charge in [-0.15, -0.1) is 0 Å². The van der Waals surface area contributed by atoms with Gasteiger partial charge in [-0.05, 0) is 30.7 Å². The van der Waals surface area contributed by atoms with Crippen molar-refractivity contribution in [2.24, 2.45) is 7.05 Å². The largest absolute Gasteiger partial charge is 0.383 e. The molecule has 1 aliphatic carbocycles. The number of alkyl halides is 2. The van der Waals surface area contributed by atoms with Crippen LogP contribution in [-0.2, 0) is 11.8 Å². The van der Waals surface area contributed by atoms with E-state index < -0.39 is 42.3 Å². The molecule has 2 atom stereocenters. The molecule has 0 unspecified atom stereocenters.